The lowest BCUT2D eigenvalue weighted by molar-refractivity contribution is 0.0919. The van der Waals surface area contributed by atoms with E-state index in [0.29, 0.717) is 25.3 Å². The topological polar surface area (TPSA) is 92.5 Å². The highest BCUT2D eigenvalue weighted by Crippen LogP contribution is 2.26. The van der Waals surface area contributed by atoms with E-state index in [4.69, 9.17) is 4.42 Å². The smallest absolute Gasteiger partial charge is 0.273 e. The molecular weight excluding hydrogens is 306 g/mol. The van der Waals surface area contributed by atoms with Crippen molar-refractivity contribution in [3.8, 4) is 0 Å². The first-order valence-electron chi connectivity index (χ1n) is 7.42. The van der Waals surface area contributed by atoms with Crippen LogP contribution in [0.15, 0.2) is 10.8 Å². The molecule has 1 aliphatic rings. The Balaban J connectivity index is 2.15. The molecule has 7 nitrogen and oxygen atoms in total. The van der Waals surface area contributed by atoms with Gasteiger partial charge < -0.3 is 9.73 Å². The summed E-state index contributed by atoms with van der Waals surface area (Å²) >= 11 is 0. The number of carbonyl (C=O) groups is 1. The van der Waals surface area contributed by atoms with Crippen LogP contribution in [0.1, 0.15) is 37.0 Å². The maximum atomic E-state index is 12.4. The monoisotopic (exact) mass is 329 g/mol. The largest absolute Gasteiger partial charge is 0.448 e. The highest BCUT2D eigenvalue weighted by Gasteiger charge is 2.39. The molecule has 0 bridgehead atoms. The van der Waals surface area contributed by atoms with Crippen molar-refractivity contribution in [1.82, 2.24) is 14.6 Å². The van der Waals surface area contributed by atoms with Gasteiger partial charge in [-0.1, -0.05) is 20.8 Å². The van der Waals surface area contributed by atoms with E-state index in [1.54, 1.807) is 0 Å². The molecule has 2 rings (SSSR count). The molecule has 0 saturated carbocycles. The zero-order chi connectivity index (χ0) is 16.5. The number of nitrogens with one attached hydrogen (secondary N) is 1. The zero-order valence-corrected chi connectivity index (χ0v) is 14.2. The first-order valence-corrected chi connectivity index (χ1v) is 9.27. The molecular formula is C14H23N3O4S. The van der Waals surface area contributed by atoms with E-state index in [1.807, 2.05) is 20.8 Å². The second-order valence-corrected chi connectivity index (χ2v) is 8.03. The van der Waals surface area contributed by atoms with Crippen molar-refractivity contribution in [1.29, 1.82) is 0 Å². The third kappa shape index (κ3) is 3.49. The van der Waals surface area contributed by atoms with Crippen molar-refractivity contribution < 1.29 is 17.6 Å². The lowest BCUT2D eigenvalue weighted by Crippen LogP contribution is -2.42. The minimum Gasteiger partial charge on any atom is -0.448 e. The van der Waals surface area contributed by atoms with Crippen LogP contribution in [0.3, 0.4) is 0 Å². The van der Waals surface area contributed by atoms with Gasteiger partial charge in [-0.05, 0) is 11.8 Å². The number of rotatable bonds is 5. The van der Waals surface area contributed by atoms with E-state index in [0.717, 1.165) is 0 Å². The van der Waals surface area contributed by atoms with Gasteiger partial charge in [-0.25, -0.2) is 13.4 Å². The molecule has 0 unspecified atom stereocenters. The molecule has 2 heterocycles. The van der Waals surface area contributed by atoms with Gasteiger partial charge in [0.15, 0.2) is 12.1 Å². The second-order valence-electron chi connectivity index (χ2n) is 6.05. The molecule has 1 fully saturated rings. The number of hydrogen-bond acceptors (Lipinski definition) is 5. The molecule has 8 heteroatoms. The molecule has 0 radical (unpaired) electrons. The van der Waals surface area contributed by atoms with Crippen molar-refractivity contribution in [2.24, 2.45) is 11.8 Å². The van der Waals surface area contributed by atoms with Crippen LogP contribution in [0.5, 0.6) is 0 Å². The van der Waals surface area contributed by atoms with Gasteiger partial charge in [-0.3, -0.25) is 4.79 Å². The fourth-order valence-corrected chi connectivity index (χ4v) is 3.71. The predicted molar refractivity (Wildman–Crippen MR) is 81.9 cm³/mol. The molecule has 1 aromatic heterocycles. The molecule has 2 atom stereocenters. The normalized spacial score (nSPS) is 23.1. The number of aromatic nitrogens is 1. The van der Waals surface area contributed by atoms with Crippen molar-refractivity contribution in [2.75, 3.05) is 19.3 Å². The quantitative estimate of drug-likeness (QED) is 0.866. The van der Waals surface area contributed by atoms with Crippen molar-refractivity contribution in [3.05, 3.63) is 17.8 Å². The SMILES string of the molecule is CCc1ocnc1C(=O)N[C@@H]1CN(S(C)(=O)=O)C[C@H]1C(C)C. The fraction of sp³-hybridized carbons (Fsp3) is 0.714. The maximum absolute atomic E-state index is 12.4. The van der Waals surface area contributed by atoms with Crippen LogP contribution >= 0.6 is 0 Å². The fourth-order valence-electron chi connectivity index (χ4n) is 2.83. The van der Waals surface area contributed by atoms with E-state index in [9.17, 15) is 13.2 Å². The van der Waals surface area contributed by atoms with Gasteiger partial charge in [0.1, 0.15) is 5.76 Å². The summed E-state index contributed by atoms with van der Waals surface area (Å²) < 4.78 is 30.1. The maximum Gasteiger partial charge on any atom is 0.273 e. The Morgan fingerprint density at radius 1 is 1.50 bits per heavy atom. The van der Waals surface area contributed by atoms with Crippen molar-refractivity contribution in [2.45, 2.75) is 33.2 Å². The second kappa shape index (κ2) is 6.37. The molecule has 1 aliphatic heterocycles. The molecule has 1 aromatic rings. The molecule has 124 valence electrons. The Morgan fingerprint density at radius 3 is 2.73 bits per heavy atom. The summed E-state index contributed by atoms with van der Waals surface area (Å²) in [4.78, 5) is 16.3. The standard InChI is InChI=1S/C14H23N3O4S/c1-5-12-13(15-8-21-12)14(18)16-11-7-17(22(4,19)20)6-10(11)9(2)3/h8-11H,5-7H2,1-4H3,(H,16,18)/t10-,11+/m0/s1. The zero-order valence-electron chi connectivity index (χ0n) is 13.4. The van der Waals surface area contributed by atoms with Crippen molar-refractivity contribution >= 4 is 15.9 Å². The number of amides is 1. The Hall–Kier alpha value is -1.41. The van der Waals surface area contributed by atoms with Crippen LogP contribution in [0.2, 0.25) is 0 Å². The first kappa shape index (κ1) is 17.0. The number of oxazole rings is 1. The van der Waals surface area contributed by atoms with Crippen LogP contribution < -0.4 is 5.32 Å². The number of hydrogen-bond donors (Lipinski definition) is 1. The Bertz CT molecular complexity index is 638. The lowest BCUT2D eigenvalue weighted by atomic mass is 9.91. The minimum absolute atomic E-state index is 0.0793. The summed E-state index contributed by atoms with van der Waals surface area (Å²) in [6, 6.07) is -0.219. The highest BCUT2D eigenvalue weighted by molar-refractivity contribution is 7.88. The molecule has 1 saturated heterocycles. The molecule has 0 spiro atoms. The Morgan fingerprint density at radius 2 is 2.18 bits per heavy atom. The number of sulfonamides is 1. The average Bonchev–Trinajstić information content (AvgIpc) is 3.03. The first-order chi connectivity index (χ1) is 10.2. The molecule has 1 amide bonds. The van der Waals surface area contributed by atoms with E-state index in [2.05, 4.69) is 10.3 Å². The third-order valence-corrected chi connectivity index (χ3v) is 5.39. The number of nitrogens with zero attached hydrogens (tertiary/aromatic N) is 2. The van der Waals surface area contributed by atoms with Gasteiger partial charge in [0.05, 0.1) is 6.26 Å². The summed E-state index contributed by atoms with van der Waals surface area (Å²) in [5.74, 6) is 0.573. The summed E-state index contributed by atoms with van der Waals surface area (Å²) in [5.41, 5.74) is 0.280. The Kier molecular flexibility index (Phi) is 4.91. The van der Waals surface area contributed by atoms with Crippen LogP contribution in [0.25, 0.3) is 0 Å². The molecule has 0 aromatic carbocycles. The lowest BCUT2D eigenvalue weighted by Gasteiger charge is -2.22. The third-order valence-electron chi connectivity index (χ3n) is 4.15. The van der Waals surface area contributed by atoms with Gasteiger partial charge in [-0.15, -0.1) is 0 Å². The summed E-state index contributed by atoms with van der Waals surface area (Å²) in [6.45, 7) is 6.68. The molecule has 0 aliphatic carbocycles. The average molecular weight is 329 g/mol. The molecule has 1 N–H and O–H groups in total. The van der Waals surface area contributed by atoms with Gasteiger partial charge in [0.2, 0.25) is 10.0 Å². The predicted octanol–water partition coefficient (Wildman–Crippen LogP) is 0.883. The number of carbonyl (C=O) groups excluding carboxylic acids is 1. The van der Waals surface area contributed by atoms with E-state index >= 15 is 0 Å². The van der Waals surface area contributed by atoms with Gasteiger partial charge in [-0.2, -0.15) is 4.31 Å². The van der Waals surface area contributed by atoms with Crippen LogP contribution in [0.4, 0.5) is 0 Å². The van der Waals surface area contributed by atoms with E-state index in [1.165, 1.54) is 17.0 Å². The Labute approximate surface area is 131 Å². The van der Waals surface area contributed by atoms with Gasteiger partial charge in [0, 0.05) is 25.6 Å². The molecule has 22 heavy (non-hydrogen) atoms. The summed E-state index contributed by atoms with van der Waals surface area (Å²) in [7, 11) is -3.26. The van der Waals surface area contributed by atoms with E-state index < -0.39 is 10.0 Å². The number of aryl methyl sites for hydroxylation is 1. The van der Waals surface area contributed by atoms with Crippen LogP contribution in [-0.2, 0) is 16.4 Å². The minimum atomic E-state index is -3.26. The van der Waals surface area contributed by atoms with Gasteiger partial charge >= 0.3 is 0 Å². The summed E-state index contributed by atoms with van der Waals surface area (Å²) in [6.07, 6.45) is 3.03. The van der Waals surface area contributed by atoms with Crippen molar-refractivity contribution in [3.63, 3.8) is 0 Å². The van der Waals surface area contributed by atoms with Crippen LogP contribution in [-0.4, -0.2) is 49.0 Å². The van der Waals surface area contributed by atoms with Gasteiger partial charge in [0.25, 0.3) is 5.91 Å². The van der Waals surface area contributed by atoms with Crippen LogP contribution in [0, 0.1) is 11.8 Å². The summed E-state index contributed by atoms with van der Waals surface area (Å²) in [5, 5.41) is 2.92. The van der Waals surface area contributed by atoms with E-state index in [-0.39, 0.29) is 29.5 Å². The highest BCUT2D eigenvalue weighted by atomic mass is 32.2.